The minimum atomic E-state index is -0.118. The van der Waals surface area contributed by atoms with Gasteiger partial charge in [0, 0.05) is 18.0 Å². The normalized spacial score (nSPS) is 11.2. The number of fused-ring (bicyclic) bond motifs is 1. The van der Waals surface area contributed by atoms with Gasteiger partial charge in [0.1, 0.15) is 11.8 Å². The lowest BCUT2D eigenvalue weighted by molar-refractivity contribution is 0.0988. The first-order valence-electron chi connectivity index (χ1n) is 8.31. The van der Waals surface area contributed by atoms with Crippen LogP contribution < -0.4 is 5.73 Å². The Morgan fingerprint density at radius 1 is 1.26 bits per heavy atom. The molecular weight excluding hydrogens is 340 g/mol. The van der Waals surface area contributed by atoms with Crippen molar-refractivity contribution in [1.29, 1.82) is 5.26 Å². The van der Waals surface area contributed by atoms with Crippen LogP contribution in [0.25, 0.3) is 10.8 Å². The number of aliphatic imine (C=N–C) groups is 1. The number of nitriles is 1. The maximum atomic E-state index is 12.5. The van der Waals surface area contributed by atoms with Crippen molar-refractivity contribution in [2.45, 2.75) is 13.3 Å². The van der Waals surface area contributed by atoms with Gasteiger partial charge in [-0.3, -0.25) is 9.78 Å². The van der Waals surface area contributed by atoms with Crippen molar-refractivity contribution in [3.05, 3.63) is 71.0 Å². The zero-order valence-electron chi connectivity index (χ0n) is 15.1. The van der Waals surface area contributed by atoms with E-state index < -0.39 is 0 Å². The Morgan fingerprint density at radius 2 is 2.04 bits per heavy atom. The van der Waals surface area contributed by atoms with Gasteiger partial charge in [-0.25, -0.2) is 0 Å². The second-order valence-corrected chi connectivity index (χ2v) is 6.08. The van der Waals surface area contributed by atoms with Crippen LogP contribution in [-0.4, -0.2) is 23.9 Å². The number of nitrogens with zero attached hydrogens (tertiary/aromatic N) is 3. The number of methoxy groups -OCH3 is 1. The summed E-state index contributed by atoms with van der Waals surface area (Å²) in [6, 6.07) is 15.0. The zero-order valence-corrected chi connectivity index (χ0v) is 15.1. The highest BCUT2D eigenvalue weighted by atomic mass is 16.5. The number of hydrogen-bond donors (Lipinski definition) is 1. The monoisotopic (exact) mass is 358 g/mol. The van der Waals surface area contributed by atoms with E-state index in [1.165, 1.54) is 13.3 Å². The lowest BCUT2D eigenvalue weighted by Gasteiger charge is -2.09. The molecule has 0 bridgehead atoms. The molecule has 0 unspecified atom stereocenters. The molecule has 6 nitrogen and oxygen atoms in total. The first kappa shape index (κ1) is 18.1. The molecule has 0 saturated carbocycles. The van der Waals surface area contributed by atoms with E-state index in [4.69, 9.17) is 15.7 Å². The molecule has 1 aromatic heterocycles. The van der Waals surface area contributed by atoms with E-state index in [-0.39, 0.29) is 18.2 Å². The Morgan fingerprint density at radius 3 is 2.70 bits per heavy atom. The van der Waals surface area contributed by atoms with Crippen molar-refractivity contribution in [3.63, 3.8) is 0 Å². The molecule has 0 radical (unpaired) electrons. The molecule has 0 aliphatic heterocycles. The lowest BCUT2D eigenvalue weighted by atomic mass is 9.99. The van der Waals surface area contributed by atoms with Crippen molar-refractivity contribution in [1.82, 2.24) is 4.98 Å². The van der Waals surface area contributed by atoms with Gasteiger partial charge < -0.3 is 10.5 Å². The number of nitrogens with two attached hydrogens (primary N) is 1. The van der Waals surface area contributed by atoms with Gasteiger partial charge in [0.05, 0.1) is 18.4 Å². The van der Waals surface area contributed by atoms with Crippen LogP contribution in [0.4, 0.5) is 5.69 Å². The van der Waals surface area contributed by atoms with E-state index in [1.807, 2.05) is 43.3 Å². The molecule has 0 fully saturated rings. The summed E-state index contributed by atoms with van der Waals surface area (Å²) in [5.41, 5.74) is 9.00. The van der Waals surface area contributed by atoms with Crippen molar-refractivity contribution in [2.24, 2.45) is 10.7 Å². The largest absolute Gasteiger partial charge is 0.469 e. The van der Waals surface area contributed by atoms with E-state index in [2.05, 4.69) is 9.98 Å². The van der Waals surface area contributed by atoms with Crippen LogP contribution in [0.5, 0.6) is 0 Å². The van der Waals surface area contributed by atoms with Gasteiger partial charge in [0.25, 0.3) is 6.02 Å². The van der Waals surface area contributed by atoms with Gasteiger partial charge in [-0.1, -0.05) is 24.3 Å². The van der Waals surface area contributed by atoms with E-state index in [1.54, 1.807) is 12.1 Å². The standard InChI is InChI=1S/C21H18N4O2/c1-13-3-6-16-7-4-14(9-17(16)20(13)25-21(23)27-2)10-19(26)18-8-5-15(11-22)12-24-18/h3-9,12H,10H2,1-2H3,(H2,23,25). The number of ketones is 1. The van der Waals surface area contributed by atoms with Crippen LogP contribution >= 0.6 is 0 Å². The van der Waals surface area contributed by atoms with E-state index >= 15 is 0 Å². The van der Waals surface area contributed by atoms with Crippen molar-refractivity contribution >= 4 is 28.3 Å². The highest BCUT2D eigenvalue weighted by molar-refractivity contribution is 5.99. The van der Waals surface area contributed by atoms with Gasteiger partial charge in [0.2, 0.25) is 0 Å². The zero-order chi connectivity index (χ0) is 19.4. The number of aromatic nitrogens is 1. The third kappa shape index (κ3) is 3.93. The molecular formula is C21H18N4O2. The quantitative estimate of drug-likeness (QED) is 0.437. The number of hydrogen-bond acceptors (Lipinski definition) is 5. The predicted octanol–water partition coefficient (Wildman–Crippen LogP) is 3.43. The molecule has 1 heterocycles. The summed E-state index contributed by atoms with van der Waals surface area (Å²) in [5.74, 6) is -0.118. The Hall–Kier alpha value is -3.72. The highest BCUT2D eigenvalue weighted by Crippen LogP contribution is 2.31. The van der Waals surface area contributed by atoms with E-state index in [0.29, 0.717) is 11.3 Å². The smallest absolute Gasteiger partial charge is 0.286 e. The number of carbonyl (C=O) groups is 1. The molecule has 2 aromatic carbocycles. The Kier molecular flexibility index (Phi) is 5.13. The number of rotatable bonds is 4. The number of pyridine rings is 1. The molecule has 2 N–H and O–H groups in total. The summed E-state index contributed by atoms with van der Waals surface area (Å²) in [6.07, 6.45) is 1.60. The van der Waals surface area contributed by atoms with E-state index in [0.717, 1.165) is 27.6 Å². The second kappa shape index (κ2) is 7.67. The van der Waals surface area contributed by atoms with Gasteiger partial charge >= 0.3 is 0 Å². The minimum Gasteiger partial charge on any atom is -0.469 e. The van der Waals surface area contributed by atoms with Crippen LogP contribution in [-0.2, 0) is 11.2 Å². The van der Waals surface area contributed by atoms with Crippen molar-refractivity contribution in [2.75, 3.05) is 7.11 Å². The number of amidine groups is 1. The minimum absolute atomic E-state index is 0.0777. The van der Waals surface area contributed by atoms with Crippen LogP contribution in [0.15, 0.2) is 53.7 Å². The van der Waals surface area contributed by atoms with Crippen LogP contribution in [0.3, 0.4) is 0 Å². The summed E-state index contributed by atoms with van der Waals surface area (Å²) in [7, 11) is 1.47. The second-order valence-electron chi connectivity index (χ2n) is 6.08. The summed E-state index contributed by atoms with van der Waals surface area (Å²) in [6.45, 7) is 1.94. The summed E-state index contributed by atoms with van der Waals surface area (Å²) < 4.78 is 4.97. The third-order valence-corrected chi connectivity index (χ3v) is 4.23. The number of aryl methyl sites for hydroxylation is 1. The third-order valence-electron chi connectivity index (χ3n) is 4.23. The van der Waals surface area contributed by atoms with Crippen molar-refractivity contribution < 1.29 is 9.53 Å². The Labute approximate surface area is 156 Å². The van der Waals surface area contributed by atoms with Crippen LogP contribution in [0.1, 0.15) is 27.2 Å². The predicted molar refractivity (Wildman–Crippen MR) is 104 cm³/mol. The van der Waals surface area contributed by atoms with Crippen LogP contribution in [0, 0.1) is 18.3 Å². The molecule has 3 rings (SSSR count). The average molecular weight is 358 g/mol. The van der Waals surface area contributed by atoms with Gasteiger partial charge in [-0.05, 0) is 41.6 Å². The molecule has 0 spiro atoms. The highest BCUT2D eigenvalue weighted by Gasteiger charge is 2.11. The summed E-state index contributed by atoms with van der Waals surface area (Å²) in [5, 5.41) is 10.7. The number of ether oxygens (including phenoxy) is 1. The summed E-state index contributed by atoms with van der Waals surface area (Å²) >= 11 is 0. The van der Waals surface area contributed by atoms with Crippen molar-refractivity contribution in [3.8, 4) is 6.07 Å². The fraction of sp³-hybridized carbons (Fsp3) is 0.143. The number of benzene rings is 2. The molecule has 27 heavy (non-hydrogen) atoms. The first-order valence-corrected chi connectivity index (χ1v) is 8.31. The fourth-order valence-corrected chi connectivity index (χ4v) is 2.78. The molecule has 0 saturated heterocycles. The molecule has 0 amide bonds. The molecule has 0 aliphatic rings. The summed E-state index contributed by atoms with van der Waals surface area (Å²) in [4.78, 5) is 20.9. The topological polar surface area (TPSA) is 101 Å². The van der Waals surface area contributed by atoms with E-state index in [9.17, 15) is 4.79 Å². The van der Waals surface area contributed by atoms with Crippen LogP contribution in [0.2, 0.25) is 0 Å². The maximum absolute atomic E-state index is 12.5. The van der Waals surface area contributed by atoms with Gasteiger partial charge in [-0.15, -0.1) is 0 Å². The molecule has 134 valence electrons. The molecule has 0 atom stereocenters. The number of Topliss-reactive ketones (excluding diaryl/α,β-unsaturated/α-hetero) is 1. The Balaban J connectivity index is 1.96. The molecule has 6 heteroatoms. The van der Waals surface area contributed by atoms with Gasteiger partial charge in [-0.2, -0.15) is 10.3 Å². The lowest BCUT2D eigenvalue weighted by Crippen LogP contribution is -2.12. The Bertz CT molecular complexity index is 1080. The fourth-order valence-electron chi connectivity index (χ4n) is 2.78. The molecule has 3 aromatic rings. The van der Waals surface area contributed by atoms with Gasteiger partial charge in [0.15, 0.2) is 5.78 Å². The SMILES string of the molecule is COC(N)=Nc1c(C)ccc2ccc(CC(=O)c3ccc(C#N)cn3)cc12. The average Bonchev–Trinajstić information content (AvgIpc) is 2.70. The maximum Gasteiger partial charge on any atom is 0.286 e. The molecule has 0 aliphatic carbocycles. The first-order chi connectivity index (χ1) is 13.0. The number of carbonyl (C=O) groups excluding carboxylic acids is 1.